The van der Waals surface area contributed by atoms with E-state index in [4.69, 9.17) is 4.74 Å². The van der Waals surface area contributed by atoms with Crippen LogP contribution < -0.4 is 5.32 Å². The van der Waals surface area contributed by atoms with Gasteiger partial charge in [-0.2, -0.15) is 4.31 Å². The molecule has 1 aromatic heterocycles. The number of carbonyl (C=O) groups is 1. The Morgan fingerprint density at radius 2 is 1.79 bits per heavy atom. The average Bonchev–Trinajstić information content (AvgIpc) is 3.24. The predicted octanol–water partition coefficient (Wildman–Crippen LogP) is 3.16. The van der Waals surface area contributed by atoms with Gasteiger partial charge in [-0.15, -0.1) is 0 Å². The summed E-state index contributed by atoms with van der Waals surface area (Å²) in [6, 6.07) is 14.4. The summed E-state index contributed by atoms with van der Waals surface area (Å²) in [6.45, 7) is 1.57. The number of aryl methyl sites for hydroxylation is 2. The summed E-state index contributed by atoms with van der Waals surface area (Å²) >= 11 is 1.55. The van der Waals surface area contributed by atoms with E-state index < -0.39 is 10.0 Å². The molecule has 1 amide bonds. The Bertz CT molecular complexity index is 1190. The van der Waals surface area contributed by atoms with Gasteiger partial charge in [0.25, 0.3) is 0 Å². The van der Waals surface area contributed by atoms with E-state index in [1.54, 1.807) is 42.2 Å². The van der Waals surface area contributed by atoms with Crippen molar-refractivity contribution >= 4 is 33.4 Å². The Hall–Kier alpha value is -2.66. The zero-order chi connectivity index (χ0) is 23.3. The summed E-state index contributed by atoms with van der Waals surface area (Å²) in [5.74, 6) is -0.0930. The van der Waals surface area contributed by atoms with Crippen molar-refractivity contribution in [3.05, 3.63) is 66.5 Å². The van der Waals surface area contributed by atoms with Crippen LogP contribution in [0.5, 0.6) is 0 Å². The number of morpholine rings is 1. The molecule has 3 aromatic rings. The van der Waals surface area contributed by atoms with Crippen molar-refractivity contribution in [3.8, 4) is 0 Å². The SMILES string of the molecule is Cn1ccnc1Sc1ccc(NC(=O)CCc2ccc(S(=O)(=O)N3CCOCC3)cc2)cc1. The lowest BCUT2D eigenvalue weighted by molar-refractivity contribution is -0.116. The Morgan fingerprint density at radius 1 is 1.09 bits per heavy atom. The quantitative estimate of drug-likeness (QED) is 0.526. The molecule has 1 N–H and O–H groups in total. The summed E-state index contributed by atoms with van der Waals surface area (Å²) < 4.78 is 34.0. The van der Waals surface area contributed by atoms with Crippen molar-refractivity contribution in [2.24, 2.45) is 7.05 Å². The van der Waals surface area contributed by atoms with E-state index in [2.05, 4.69) is 10.3 Å². The molecule has 33 heavy (non-hydrogen) atoms. The van der Waals surface area contributed by atoms with Gasteiger partial charge in [0.1, 0.15) is 0 Å². The molecular weight excluding hydrogens is 460 g/mol. The Balaban J connectivity index is 1.27. The van der Waals surface area contributed by atoms with Crippen LogP contribution >= 0.6 is 11.8 Å². The molecule has 0 unspecified atom stereocenters. The lowest BCUT2D eigenvalue weighted by Gasteiger charge is -2.26. The van der Waals surface area contributed by atoms with Gasteiger partial charge < -0.3 is 14.6 Å². The van der Waals surface area contributed by atoms with Gasteiger partial charge in [0, 0.05) is 49.5 Å². The maximum absolute atomic E-state index is 12.7. The van der Waals surface area contributed by atoms with Crippen molar-refractivity contribution in [1.82, 2.24) is 13.9 Å². The Labute approximate surface area is 198 Å². The third-order valence-corrected chi connectivity index (χ3v) is 8.29. The molecule has 0 saturated carbocycles. The first-order valence-corrected chi connectivity index (χ1v) is 12.9. The minimum absolute atomic E-state index is 0.0930. The normalized spacial score (nSPS) is 14.8. The summed E-state index contributed by atoms with van der Waals surface area (Å²) in [7, 11) is -1.56. The van der Waals surface area contributed by atoms with Crippen molar-refractivity contribution in [2.45, 2.75) is 27.8 Å². The minimum Gasteiger partial charge on any atom is -0.379 e. The number of rotatable bonds is 8. The molecule has 0 atom stereocenters. The van der Waals surface area contributed by atoms with Crippen LogP contribution in [0.15, 0.2) is 75.9 Å². The van der Waals surface area contributed by atoms with Crippen molar-refractivity contribution in [3.63, 3.8) is 0 Å². The van der Waals surface area contributed by atoms with Crippen LogP contribution in [0.4, 0.5) is 5.69 Å². The van der Waals surface area contributed by atoms with Crippen LogP contribution in [-0.2, 0) is 33.0 Å². The van der Waals surface area contributed by atoms with Crippen LogP contribution in [0.2, 0.25) is 0 Å². The second-order valence-corrected chi connectivity index (χ2v) is 10.6. The lowest BCUT2D eigenvalue weighted by atomic mass is 10.1. The van der Waals surface area contributed by atoms with Gasteiger partial charge in [-0.3, -0.25) is 4.79 Å². The number of sulfonamides is 1. The van der Waals surface area contributed by atoms with Crippen LogP contribution in [0.1, 0.15) is 12.0 Å². The fourth-order valence-corrected chi connectivity index (χ4v) is 5.62. The molecule has 10 heteroatoms. The van der Waals surface area contributed by atoms with Crippen LogP contribution in [0.25, 0.3) is 0 Å². The number of amides is 1. The molecule has 0 spiro atoms. The number of hydrogen-bond donors (Lipinski definition) is 1. The highest BCUT2D eigenvalue weighted by molar-refractivity contribution is 7.99. The maximum atomic E-state index is 12.7. The third kappa shape index (κ3) is 6.02. The molecule has 174 valence electrons. The smallest absolute Gasteiger partial charge is 0.243 e. The molecule has 0 radical (unpaired) electrons. The van der Waals surface area contributed by atoms with Crippen molar-refractivity contribution in [1.29, 1.82) is 0 Å². The fraction of sp³-hybridized carbons (Fsp3) is 0.304. The molecule has 8 nitrogen and oxygen atoms in total. The van der Waals surface area contributed by atoms with Gasteiger partial charge in [-0.05, 0) is 48.4 Å². The van der Waals surface area contributed by atoms with Crippen LogP contribution in [0.3, 0.4) is 0 Å². The first-order chi connectivity index (χ1) is 15.9. The van der Waals surface area contributed by atoms with Crippen LogP contribution in [0, 0.1) is 0 Å². The average molecular weight is 487 g/mol. The predicted molar refractivity (Wildman–Crippen MR) is 127 cm³/mol. The molecule has 2 heterocycles. The van der Waals surface area contributed by atoms with E-state index in [9.17, 15) is 13.2 Å². The summed E-state index contributed by atoms with van der Waals surface area (Å²) in [5, 5.41) is 3.80. The molecule has 1 fully saturated rings. The topological polar surface area (TPSA) is 93.5 Å². The first-order valence-electron chi connectivity index (χ1n) is 10.6. The van der Waals surface area contributed by atoms with E-state index >= 15 is 0 Å². The number of benzene rings is 2. The molecule has 1 aliphatic heterocycles. The van der Waals surface area contributed by atoms with Gasteiger partial charge in [0.05, 0.1) is 18.1 Å². The van der Waals surface area contributed by atoms with E-state index in [-0.39, 0.29) is 10.8 Å². The summed E-state index contributed by atoms with van der Waals surface area (Å²) in [4.78, 5) is 18.0. The Kier molecular flexibility index (Phi) is 7.49. The molecule has 2 aromatic carbocycles. The molecule has 4 rings (SSSR count). The van der Waals surface area contributed by atoms with Gasteiger partial charge in [-0.1, -0.05) is 23.9 Å². The molecule has 1 aliphatic rings. The molecule has 0 bridgehead atoms. The molecule has 0 aliphatic carbocycles. The zero-order valence-corrected chi connectivity index (χ0v) is 19.9. The molecular formula is C23H26N4O4S2. The van der Waals surface area contributed by atoms with Crippen LogP contribution in [-0.4, -0.2) is 54.5 Å². The second kappa shape index (κ2) is 10.5. The largest absolute Gasteiger partial charge is 0.379 e. The second-order valence-electron chi connectivity index (χ2n) is 7.66. The number of ether oxygens (including phenoxy) is 1. The number of nitrogens with zero attached hydrogens (tertiary/aromatic N) is 3. The number of anilines is 1. The monoisotopic (exact) mass is 486 g/mol. The van der Waals surface area contributed by atoms with Crippen molar-refractivity contribution in [2.75, 3.05) is 31.6 Å². The van der Waals surface area contributed by atoms with E-state index in [1.165, 1.54) is 4.31 Å². The number of aromatic nitrogens is 2. The lowest BCUT2D eigenvalue weighted by Crippen LogP contribution is -2.40. The van der Waals surface area contributed by atoms with Gasteiger partial charge >= 0.3 is 0 Å². The minimum atomic E-state index is -3.51. The molecule has 1 saturated heterocycles. The van der Waals surface area contributed by atoms with E-state index in [0.717, 1.165) is 21.3 Å². The van der Waals surface area contributed by atoms with Crippen molar-refractivity contribution < 1.29 is 17.9 Å². The fourth-order valence-electron chi connectivity index (χ4n) is 3.41. The summed E-state index contributed by atoms with van der Waals surface area (Å²) in [6.07, 6.45) is 4.48. The first kappa shape index (κ1) is 23.5. The zero-order valence-electron chi connectivity index (χ0n) is 18.3. The highest BCUT2D eigenvalue weighted by Crippen LogP contribution is 2.27. The van der Waals surface area contributed by atoms with Gasteiger partial charge in [0.15, 0.2) is 5.16 Å². The van der Waals surface area contributed by atoms with Gasteiger partial charge in [-0.25, -0.2) is 13.4 Å². The highest BCUT2D eigenvalue weighted by atomic mass is 32.2. The highest BCUT2D eigenvalue weighted by Gasteiger charge is 2.26. The third-order valence-electron chi connectivity index (χ3n) is 5.30. The number of carbonyl (C=O) groups excluding carboxylic acids is 1. The summed E-state index contributed by atoms with van der Waals surface area (Å²) in [5.41, 5.74) is 1.64. The number of hydrogen-bond acceptors (Lipinski definition) is 6. The maximum Gasteiger partial charge on any atom is 0.243 e. The number of imidazole rings is 1. The van der Waals surface area contributed by atoms with E-state index in [0.29, 0.717) is 39.1 Å². The van der Waals surface area contributed by atoms with Gasteiger partial charge in [0.2, 0.25) is 15.9 Å². The number of nitrogens with one attached hydrogen (secondary N) is 1. The standard InChI is InChI=1S/C23H26N4O4S2/c1-26-13-12-24-23(26)32-20-7-5-19(6-8-20)25-22(28)11-4-18-2-9-21(10-3-18)33(29,30)27-14-16-31-17-15-27/h2-3,5-10,12-13H,4,11,14-17H2,1H3,(H,25,28). The Morgan fingerprint density at radius 3 is 2.42 bits per heavy atom. The van der Waals surface area contributed by atoms with E-state index in [1.807, 2.05) is 42.1 Å².